The van der Waals surface area contributed by atoms with Crippen LogP contribution < -0.4 is 5.56 Å². The molecule has 0 atom stereocenters. The molecule has 25 heavy (non-hydrogen) atoms. The molecule has 0 saturated carbocycles. The lowest BCUT2D eigenvalue weighted by atomic mass is 10.1. The first-order chi connectivity index (χ1) is 12.2. The summed E-state index contributed by atoms with van der Waals surface area (Å²) in [5.41, 5.74) is 1.89. The van der Waals surface area contributed by atoms with Gasteiger partial charge in [-0.15, -0.1) is 0 Å². The molecular weight excluding hydrogens is 310 g/mol. The van der Waals surface area contributed by atoms with Crippen molar-refractivity contribution in [1.29, 1.82) is 0 Å². The maximum atomic E-state index is 12.2. The van der Waals surface area contributed by atoms with Gasteiger partial charge in [0.25, 0.3) is 5.56 Å². The molecule has 4 nitrogen and oxygen atoms in total. The number of hydrogen-bond donors (Lipinski definition) is 1. The molecule has 0 radical (unpaired) electrons. The molecule has 0 fully saturated rings. The first kappa shape index (κ1) is 15.5. The second kappa shape index (κ2) is 6.49. The van der Waals surface area contributed by atoms with Crippen molar-refractivity contribution in [3.63, 3.8) is 0 Å². The molecule has 4 heteroatoms. The standard InChI is InChI=1S/C21H19N3O/c1-24(13-15-10-11-16-6-2-3-7-17(16)12-15)14-20-22-19-9-5-4-8-18(19)21(25)23-20/h2-12H,13-14H2,1H3,(H,22,23,25). The van der Waals surface area contributed by atoms with Crippen molar-refractivity contribution in [1.82, 2.24) is 14.9 Å². The molecule has 0 unspecified atom stereocenters. The van der Waals surface area contributed by atoms with E-state index in [9.17, 15) is 4.79 Å². The molecule has 124 valence electrons. The number of H-pyrrole nitrogens is 1. The van der Waals surface area contributed by atoms with Crippen LogP contribution in [0, 0.1) is 0 Å². The van der Waals surface area contributed by atoms with Crippen LogP contribution in [0.15, 0.2) is 71.5 Å². The number of aromatic nitrogens is 2. The fourth-order valence-electron chi connectivity index (χ4n) is 3.17. The van der Waals surface area contributed by atoms with Crippen LogP contribution in [0.25, 0.3) is 21.7 Å². The minimum Gasteiger partial charge on any atom is -0.309 e. The third-order valence-electron chi connectivity index (χ3n) is 4.35. The van der Waals surface area contributed by atoms with E-state index < -0.39 is 0 Å². The maximum Gasteiger partial charge on any atom is 0.258 e. The first-order valence-corrected chi connectivity index (χ1v) is 8.33. The highest BCUT2D eigenvalue weighted by Crippen LogP contribution is 2.17. The summed E-state index contributed by atoms with van der Waals surface area (Å²) in [6.45, 7) is 1.38. The molecule has 1 heterocycles. The number of hydrogen-bond acceptors (Lipinski definition) is 3. The summed E-state index contributed by atoms with van der Waals surface area (Å²) in [5, 5.41) is 3.11. The molecule has 4 rings (SSSR count). The summed E-state index contributed by atoms with van der Waals surface area (Å²) in [4.78, 5) is 21.8. The molecule has 0 saturated heterocycles. The van der Waals surface area contributed by atoms with Gasteiger partial charge in [0.1, 0.15) is 5.82 Å². The third kappa shape index (κ3) is 3.30. The fraction of sp³-hybridized carbons (Fsp3) is 0.143. The lowest BCUT2D eigenvalue weighted by Gasteiger charge is -2.16. The molecular formula is C21H19N3O. The second-order valence-corrected chi connectivity index (χ2v) is 6.38. The normalized spacial score (nSPS) is 11.4. The van der Waals surface area contributed by atoms with E-state index in [-0.39, 0.29) is 5.56 Å². The summed E-state index contributed by atoms with van der Waals surface area (Å²) in [7, 11) is 2.03. The van der Waals surface area contributed by atoms with Gasteiger partial charge in [0.15, 0.2) is 0 Å². The van der Waals surface area contributed by atoms with Crippen molar-refractivity contribution in [2.45, 2.75) is 13.1 Å². The van der Waals surface area contributed by atoms with Crippen LogP contribution in [-0.4, -0.2) is 21.9 Å². The number of para-hydroxylation sites is 1. The second-order valence-electron chi connectivity index (χ2n) is 6.38. The molecule has 0 amide bonds. The summed E-state index contributed by atoms with van der Waals surface area (Å²) in [6, 6.07) is 22.3. The summed E-state index contributed by atoms with van der Waals surface area (Å²) >= 11 is 0. The molecule has 0 aliphatic heterocycles. The quantitative estimate of drug-likeness (QED) is 0.621. The molecule has 0 aliphatic carbocycles. The van der Waals surface area contributed by atoms with Crippen molar-refractivity contribution in [3.8, 4) is 0 Å². The Balaban J connectivity index is 1.55. The van der Waals surface area contributed by atoms with Crippen LogP contribution in [0.5, 0.6) is 0 Å². The van der Waals surface area contributed by atoms with E-state index in [0.29, 0.717) is 17.8 Å². The lowest BCUT2D eigenvalue weighted by Crippen LogP contribution is -2.21. The molecule has 0 bridgehead atoms. The van der Waals surface area contributed by atoms with E-state index in [1.54, 1.807) is 6.07 Å². The van der Waals surface area contributed by atoms with E-state index in [1.165, 1.54) is 16.3 Å². The van der Waals surface area contributed by atoms with Gasteiger partial charge in [0.05, 0.1) is 17.4 Å². The highest BCUT2D eigenvalue weighted by molar-refractivity contribution is 5.83. The van der Waals surface area contributed by atoms with Crippen molar-refractivity contribution in [3.05, 3.63) is 88.5 Å². The van der Waals surface area contributed by atoms with Crippen LogP contribution in [0.3, 0.4) is 0 Å². The van der Waals surface area contributed by atoms with Crippen LogP contribution in [0.2, 0.25) is 0 Å². The van der Waals surface area contributed by atoms with E-state index in [1.807, 2.05) is 25.2 Å². The van der Waals surface area contributed by atoms with Gasteiger partial charge >= 0.3 is 0 Å². The number of rotatable bonds is 4. The molecule has 0 spiro atoms. The van der Waals surface area contributed by atoms with E-state index >= 15 is 0 Å². The van der Waals surface area contributed by atoms with Crippen molar-refractivity contribution in [2.24, 2.45) is 0 Å². The molecule has 0 aliphatic rings. The molecule has 1 N–H and O–H groups in total. The zero-order chi connectivity index (χ0) is 17.2. The zero-order valence-electron chi connectivity index (χ0n) is 14.1. The van der Waals surface area contributed by atoms with Crippen LogP contribution in [0.4, 0.5) is 0 Å². The van der Waals surface area contributed by atoms with Crippen molar-refractivity contribution < 1.29 is 0 Å². The van der Waals surface area contributed by atoms with E-state index in [0.717, 1.165) is 12.1 Å². The Morgan fingerprint density at radius 3 is 2.56 bits per heavy atom. The third-order valence-corrected chi connectivity index (χ3v) is 4.35. The Hall–Kier alpha value is -2.98. The number of fused-ring (bicyclic) bond motifs is 2. The van der Waals surface area contributed by atoms with Gasteiger partial charge in [0.2, 0.25) is 0 Å². The maximum absolute atomic E-state index is 12.2. The number of aromatic amines is 1. The average Bonchev–Trinajstić information content (AvgIpc) is 2.61. The summed E-state index contributed by atoms with van der Waals surface area (Å²) in [6.07, 6.45) is 0. The molecule has 1 aromatic heterocycles. The van der Waals surface area contributed by atoms with Gasteiger partial charge in [-0.1, -0.05) is 48.5 Å². The SMILES string of the molecule is CN(Cc1ccc2ccccc2c1)Cc1nc2ccccc2c(=O)[nH]1. The summed E-state index contributed by atoms with van der Waals surface area (Å²) in [5.74, 6) is 0.687. The topological polar surface area (TPSA) is 49.0 Å². The Morgan fingerprint density at radius 1 is 0.920 bits per heavy atom. The fourth-order valence-corrected chi connectivity index (χ4v) is 3.17. The Kier molecular flexibility index (Phi) is 4.04. The zero-order valence-corrected chi connectivity index (χ0v) is 14.1. The van der Waals surface area contributed by atoms with E-state index in [4.69, 9.17) is 0 Å². The van der Waals surface area contributed by atoms with Gasteiger partial charge < -0.3 is 4.98 Å². The van der Waals surface area contributed by atoms with Crippen molar-refractivity contribution >= 4 is 21.7 Å². The minimum absolute atomic E-state index is 0.0836. The van der Waals surface area contributed by atoms with Crippen LogP contribution >= 0.6 is 0 Å². The van der Waals surface area contributed by atoms with Gasteiger partial charge in [0, 0.05) is 6.54 Å². The molecule has 3 aromatic carbocycles. The van der Waals surface area contributed by atoms with Gasteiger partial charge in [-0.25, -0.2) is 4.98 Å². The lowest BCUT2D eigenvalue weighted by molar-refractivity contribution is 0.311. The highest BCUT2D eigenvalue weighted by Gasteiger charge is 2.07. The minimum atomic E-state index is -0.0836. The monoisotopic (exact) mass is 329 g/mol. The number of benzene rings is 3. The van der Waals surface area contributed by atoms with Crippen LogP contribution in [-0.2, 0) is 13.1 Å². The molecule has 4 aromatic rings. The number of nitrogens with zero attached hydrogens (tertiary/aromatic N) is 2. The Morgan fingerprint density at radius 2 is 1.68 bits per heavy atom. The predicted octanol–water partition coefficient (Wildman–Crippen LogP) is 3.71. The average molecular weight is 329 g/mol. The van der Waals surface area contributed by atoms with Gasteiger partial charge in [-0.2, -0.15) is 0 Å². The summed E-state index contributed by atoms with van der Waals surface area (Å²) < 4.78 is 0. The van der Waals surface area contributed by atoms with Gasteiger partial charge in [-0.05, 0) is 41.6 Å². The van der Waals surface area contributed by atoms with Crippen molar-refractivity contribution in [2.75, 3.05) is 7.05 Å². The smallest absolute Gasteiger partial charge is 0.258 e. The first-order valence-electron chi connectivity index (χ1n) is 8.33. The predicted molar refractivity (Wildman–Crippen MR) is 101 cm³/mol. The Labute approximate surface area is 145 Å². The van der Waals surface area contributed by atoms with Crippen LogP contribution in [0.1, 0.15) is 11.4 Å². The highest BCUT2D eigenvalue weighted by atomic mass is 16.1. The Bertz CT molecular complexity index is 1100. The largest absolute Gasteiger partial charge is 0.309 e. The van der Waals surface area contributed by atoms with E-state index in [2.05, 4.69) is 57.3 Å². The van der Waals surface area contributed by atoms with Gasteiger partial charge in [-0.3, -0.25) is 9.69 Å². The number of nitrogens with one attached hydrogen (secondary N) is 1.